The average Bonchev–Trinajstić information content (AvgIpc) is 2.61. The maximum absolute atomic E-state index is 12.8. The van der Waals surface area contributed by atoms with Crippen molar-refractivity contribution in [2.75, 3.05) is 25.0 Å². The van der Waals surface area contributed by atoms with Crippen LogP contribution in [0.4, 0.5) is 18.9 Å². The fraction of sp³-hybridized carbons (Fsp3) is 0.474. The first-order valence-corrected chi connectivity index (χ1v) is 8.80. The van der Waals surface area contributed by atoms with E-state index in [0.717, 1.165) is 56.7 Å². The van der Waals surface area contributed by atoms with Crippen LogP contribution in [0.5, 0.6) is 0 Å². The van der Waals surface area contributed by atoms with Gasteiger partial charge in [0, 0.05) is 43.8 Å². The van der Waals surface area contributed by atoms with Gasteiger partial charge in [-0.15, -0.1) is 0 Å². The van der Waals surface area contributed by atoms with Crippen LogP contribution < -0.4 is 5.32 Å². The van der Waals surface area contributed by atoms with E-state index in [1.165, 1.54) is 12.3 Å². The zero-order valence-electron chi connectivity index (χ0n) is 14.6. The number of anilines is 1. The predicted molar refractivity (Wildman–Crippen MR) is 94.8 cm³/mol. The number of hydrogen-bond acceptors (Lipinski definition) is 3. The Balaban J connectivity index is 1.60. The molecule has 140 valence electrons. The molecule has 2 aromatic rings. The molecule has 2 heterocycles. The Morgan fingerprint density at radius 1 is 1.27 bits per heavy atom. The molecule has 0 bridgehead atoms. The van der Waals surface area contributed by atoms with Crippen LogP contribution in [-0.2, 0) is 11.0 Å². The minimum atomic E-state index is -4.37. The highest BCUT2D eigenvalue weighted by atomic mass is 19.4. The van der Waals surface area contributed by atoms with Gasteiger partial charge in [0.05, 0.1) is 11.1 Å². The molecule has 1 aromatic heterocycles. The van der Waals surface area contributed by atoms with E-state index in [-0.39, 0.29) is 5.91 Å². The summed E-state index contributed by atoms with van der Waals surface area (Å²) in [6.45, 7) is 3.95. The standard InChI is InChI=1S/C19H22F3N3O/c1-13(26)25-10-6-14(7-11-25)4-8-23-17-5-9-24-18-12-15(19(20,21)22)2-3-16(17)18/h2-3,5,9,12,14H,4,6-8,10-11H2,1H3,(H,23,24). The number of nitrogens with one attached hydrogen (secondary N) is 1. The van der Waals surface area contributed by atoms with E-state index in [2.05, 4.69) is 10.3 Å². The van der Waals surface area contributed by atoms with Crippen molar-refractivity contribution in [2.24, 2.45) is 5.92 Å². The number of carbonyl (C=O) groups excluding carboxylic acids is 1. The van der Waals surface area contributed by atoms with Gasteiger partial charge >= 0.3 is 6.18 Å². The maximum atomic E-state index is 12.8. The Labute approximate surface area is 150 Å². The molecule has 0 unspecified atom stereocenters. The van der Waals surface area contributed by atoms with Crippen molar-refractivity contribution < 1.29 is 18.0 Å². The molecule has 0 saturated carbocycles. The summed E-state index contributed by atoms with van der Waals surface area (Å²) in [6.07, 6.45) is 0.112. The van der Waals surface area contributed by atoms with Crippen molar-refractivity contribution in [1.29, 1.82) is 0 Å². The first-order valence-electron chi connectivity index (χ1n) is 8.80. The van der Waals surface area contributed by atoms with E-state index < -0.39 is 11.7 Å². The number of carbonyl (C=O) groups is 1. The van der Waals surface area contributed by atoms with E-state index in [1.807, 2.05) is 4.90 Å². The third-order valence-corrected chi connectivity index (χ3v) is 5.00. The molecule has 1 N–H and O–H groups in total. The molecule has 1 aliphatic rings. The van der Waals surface area contributed by atoms with Crippen LogP contribution in [0.2, 0.25) is 0 Å². The summed E-state index contributed by atoms with van der Waals surface area (Å²) in [5, 5.41) is 4.01. The van der Waals surface area contributed by atoms with Crippen molar-refractivity contribution in [3.63, 3.8) is 0 Å². The smallest absolute Gasteiger partial charge is 0.384 e. The molecule has 4 nitrogen and oxygen atoms in total. The third-order valence-electron chi connectivity index (χ3n) is 5.00. The molecule has 1 aliphatic heterocycles. The molecule has 7 heteroatoms. The number of amides is 1. The average molecular weight is 365 g/mol. The first-order chi connectivity index (χ1) is 12.3. The number of likely N-dealkylation sites (tertiary alicyclic amines) is 1. The van der Waals surface area contributed by atoms with Crippen LogP contribution in [0.15, 0.2) is 30.5 Å². The number of nitrogens with zero attached hydrogens (tertiary/aromatic N) is 2. The minimum Gasteiger partial charge on any atom is -0.384 e. The van der Waals surface area contributed by atoms with Gasteiger partial charge in [0.25, 0.3) is 0 Å². The third kappa shape index (κ3) is 4.26. The van der Waals surface area contributed by atoms with E-state index in [0.29, 0.717) is 16.8 Å². The van der Waals surface area contributed by atoms with Gasteiger partial charge in [-0.1, -0.05) is 6.07 Å². The van der Waals surface area contributed by atoms with Gasteiger partial charge in [0.1, 0.15) is 0 Å². The quantitative estimate of drug-likeness (QED) is 0.878. The van der Waals surface area contributed by atoms with Gasteiger partial charge in [0.2, 0.25) is 5.91 Å². The molecule has 0 atom stereocenters. The lowest BCUT2D eigenvalue weighted by atomic mass is 9.93. The number of hydrogen-bond donors (Lipinski definition) is 1. The Kier molecular flexibility index (Phi) is 5.34. The normalized spacial score (nSPS) is 16.1. The van der Waals surface area contributed by atoms with Crippen LogP contribution in [0.3, 0.4) is 0 Å². The number of alkyl halides is 3. The first kappa shape index (κ1) is 18.5. The topological polar surface area (TPSA) is 45.2 Å². The largest absolute Gasteiger partial charge is 0.416 e. The fourth-order valence-corrected chi connectivity index (χ4v) is 3.43. The highest BCUT2D eigenvalue weighted by Gasteiger charge is 2.30. The van der Waals surface area contributed by atoms with Gasteiger partial charge in [-0.25, -0.2) is 0 Å². The number of pyridine rings is 1. The molecule has 1 aromatic carbocycles. The molecular weight excluding hydrogens is 343 g/mol. The molecule has 0 radical (unpaired) electrons. The van der Waals surface area contributed by atoms with Crippen molar-refractivity contribution in [1.82, 2.24) is 9.88 Å². The summed E-state index contributed by atoms with van der Waals surface area (Å²) in [5.74, 6) is 0.686. The van der Waals surface area contributed by atoms with Crippen molar-refractivity contribution in [2.45, 2.75) is 32.4 Å². The molecular formula is C19H22F3N3O. The van der Waals surface area contributed by atoms with Crippen molar-refractivity contribution in [3.8, 4) is 0 Å². The fourth-order valence-electron chi connectivity index (χ4n) is 3.43. The zero-order valence-corrected chi connectivity index (χ0v) is 14.6. The van der Waals surface area contributed by atoms with Gasteiger partial charge in [-0.3, -0.25) is 9.78 Å². The molecule has 1 amide bonds. The number of fused-ring (bicyclic) bond motifs is 1. The molecule has 0 spiro atoms. The Morgan fingerprint density at radius 3 is 2.65 bits per heavy atom. The van der Waals surface area contributed by atoms with E-state index >= 15 is 0 Å². The van der Waals surface area contributed by atoms with Gasteiger partial charge < -0.3 is 10.2 Å². The molecule has 3 rings (SSSR count). The second-order valence-corrected chi connectivity index (χ2v) is 6.75. The second kappa shape index (κ2) is 7.51. The highest BCUT2D eigenvalue weighted by Crippen LogP contribution is 2.32. The summed E-state index contributed by atoms with van der Waals surface area (Å²) in [4.78, 5) is 17.3. The molecule has 26 heavy (non-hydrogen) atoms. The van der Waals surface area contributed by atoms with Gasteiger partial charge in [-0.2, -0.15) is 13.2 Å². The number of aromatic nitrogens is 1. The monoisotopic (exact) mass is 365 g/mol. The number of benzene rings is 1. The number of halogens is 3. The van der Waals surface area contributed by atoms with Crippen LogP contribution in [0.25, 0.3) is 10.9 Å². The Bertz CT molecular complexity index is 783. The van der Waals surface area contributed by atoms with E-state index in [9.17, 15) is 18.0 Å². The number of piperidine rings is 1. The maximum Gasteiger partial charge on any atom is 0.416 e. The Hall–Kier alpha value is -2.31. The van der Waals surface area contributed by atoms with Crippen LogP contribution in [0.1, 0.15) is 31.7 Å². The SMILES string of the molecule is CC(=O)N1CCC(CCNc2ccnc3cc(C(F)(F)F)ccc23)CC1. The lowest BCUT2D eigenvalue weighted by molar-refractivity contribution is -0.137. The van der Waals surface area contributed by atoms with Crippen molar-refractivity contribution >= 4 is 22.5 Å². The van der Waals surface area contributed by atoms with Crippen LogP contribution in [-0.4, -0.2) is 35.4 Å². The zero-order chi connectivity index (χ0) is 18.7. The molecule has 0 aliphatic carbocycles. The van der Waals surface area contributed by atoms with E-state index in [4.69, 9.17) is 0 Å². The lowest BCUT2D eigenvalue weighted by Gasteiger charge is -2.31. The minimum absolute atomic E-state index is 0.128. The van der Waals surface area contributed by atoms with E-state index in [1.54, 1.807) is 13.0 Å². The van der Waals surface area contributed by atoms with Crippen LogP contribution in [0, 0.1) is 5.92 Å². The molecule has 1 saturated heterocycles. The van der Waals surface area contributed by atoms with Gasteiger partial charge in [0.15, 0.2) is 0 Å². The summed E-state index contributed by atoms with van der Waals surface area (Å²) in [7, 11) is 0. The summed E-state index contributed by atoms with van der Waals surface area (Å²) in [6, 6.07) is 5.43. The molecule has 1 fully saturated rings. The summed E-state index contributed by atoms with van der Waals surface area (Å²) >= 11 is 0. The summed E-state index contributed by atoms with van der Waals surface area (Å²) in [5.41, 5.74) is 0.441. The predicted octanol–water partition coefficient (Wildman–Crippen LogP) is 4.31. The van der Waals surface area contributed by atoms with Gasteiger partial charge in [-0.05, 0) is 43.4 Å². The number of rotatable bonds is 4. The van der Waals surface area contributed by atoms with Crippen molar-refractivity contribution in [3.05, 3.63) is 36.0 Å². The lowest BCUT2D eigenvalue weighted by Crippen LogP contribution is -2.37. The second-order valence-electron chi connectivity index (χ2n) is 6.75. The Morgan fingerprint density at radius 2 is 2.00 bits per heavy atom. The summed E-state index contributed by atoms with van der Waals surface area (Å²) < 4.78 is 38.5. The highest BCUT2D eigenvalue weighted by molar-refractivity contribution is 5.91. The van der Waals surface area contributed by atoms with Crippen LogP contribution >= 0.6 is 0 Å².